The Bertz CT molecular complexity index is 744. The van der Waals surface area contributed by atoms with Gasteiger partial charge in [-0.25, -0.2) is 4.98 Å². The molecule has 2 aromatic heterocycles. The fourth-order valence-electron chi connectivity index (χ4n) is 1.79. The van der Waals surface area contributed by atoms with E-state index in [2.05, 4.69) is 15.3 Å². The summed E-state index contributed by atoms with van der Waals surface area (Å²) in [6.07, 6.45) is 0. The summed E-state index contributed by atoms with van der Waals surface area (Å²) in [6, 6.07) is 9.21. The predicted molar refractivity (Wildman–Crippen MR) is 83.1 cm³/mol. The highest BCUT2D eigenvalue weighted by Gasteiger charge is 2.10. The van der Waals surface area contributed by atoms with Gasteiger partial charge in [-0.15, -0.1) is 11.3 Å². The first-order valence-corrected chi connectivity index (χ1v) is 7.44. The third kappa shape index (κ3) is 2.69. The number of ether oxygens (including phenoxy) is 1. The summed E-state index contributed by atoms with van der Waals surface area (Å²) in [5, 5.41) is 6.61. The van der Waals surface area contributed by atoms with E-state index in [-0.39, 0.29) is 0 Å². The van der Waals surface area contributed by atoms with Gasteiger partial charge in [-0.1, -0.05) is 17.7 Å². The third-order valence-corrected chi connectivity index (χ3v) is 3.68. The van der Waals surface area contributed by atoms with E-state index in [4.69, 9.17) is 16.3 Å². The number of nitrogens with one attached hydrogen (secondary N) is 1. The van der Waals surface area contributed by atoms with Gasteiger partial charge in [-0.2, -0.15) is 4.98 Å². The molecule has 3 aromatic rings. The molecule has 3 rings (SSSR count). The molecular weight excluding hydrogens is 294 g/mol. The van der Waals surface area contributed by atoms with Crippen molar-refractivity contribution in [3.8, 4) is 11.6 Å². The maximum Gasteiger partial charge on any atom is 0.232 e. The van der Waals surface area contributed by atoms with Gasteiger partial charge in [0.15, 0.2) is 0 Å². The topological polar surface area (TPSA) is 47.0 Å². The molecule has 4 nitrogen and oxygen atoms in total. The Morgan fingerprint density at radius 1 is 1.30 bits per heavy atom. The van der Waals surface area contributed by atoms with Crippen LogP contribution in [0.3, 0.4) is 0 Å². The van der Waals surface area contributed by atoms with Crippen molar-refractivity contribution in [3.05, 3.63) is 40.7 Å². The molecule has 0 bridgehead atoms. The Morgan fingerprint density at radius 3 is 3.00 bits per heavy atom. The molecule has 102 valence electrons. The zero-order valence-electron chi connectivity index (χ0n) is 10.8. The minimum absolute atomic E-state index is 0.537. The Balaban J connectivity index is 2.02. The minimum atomic E-state index is 0.537. The van der Waals surface area contributed by atoms with Crippen molar-refractivity contribution < 1.29 is 4.74 Å². The summed E-state index contributed by atoms with van der Waals surface area (Å²) in [7, 11) is 0. The second kappa shape index (κ2) is 5.64. The maximum absolute atomic E-state index is 5.97. The number of hydrogen-bond donors (Lipinski definition) is 1. The first-order chi connectivity index (χ1) is 9.76. The van der Waals surface area contributed by atoms with Crippen LogP contribution in [-0.4, -0.2) is 16.5 Å². The molecule has 0 saturated heterocycles. The number of hydrogen-bond acceptors (Lipinski definition) is 5. The van der Waals surface area contributed by atoms with Gasteiger partial charge in [0.2, 0.25) is 11.8 Å². The highest BCUT2D eigenvalue weighted by molar-refractivity contribution is 7.16. The van der Waals surface area contributed by atoms with Crippen LogP contribution in [0, 0.1) is 0 Å². The number of fused-ring (bicyclic) bond motifs is 1. The van der Waals surface area contributed by atoms with Gasteiger partial charge < -0.3 is 10.1 Å². The lowest BCUT2D eigenvalue weighted by molar-refractivity contribution is 0.469. The van der Waals surface area contributed by atoms with Crippen LogP contribution in [0.5, 0.6) is 11.6 Å². The van der Waals surface area contributed by atoms with Crippen LogP contribution in [0.25, 0.3) is 10.2 Å². The average molecular weight is 306 g/mol. The highest BCUT2D eigenvalue weighted by Crippen LogP contribution is 2.32. The van der Waals surface area contributed by atoms with Crippen molar-refractivity contribution in [1.82, 2.24) is 9.97 Å². The molecule has 6 heteroatoms. The quantitative estimate of drug-likeness (QED) is 0.767. The van der Waals surface area contributed by atoms with E-state index >= 15 is 0 Å². The monoisotopic (exact) mass is 305 g/mol. The minimum Gasteiger partial charge on any atom is -0.438 e. The smallest absolute Gasteiger partial charge is 0.232 e. The van der Waals surface area contributed by atoms with Crippen LogP contribution in [0.4, 0.5) is 5.95 Å². The van der Waals surface area contributed by atoms with Crippen molar-refractivity contribution in [2.24, 2.45) is 0 Å². The molecule has 0 amide bonds. The zero-order chi connectivity index (χ0) is 13.9. The van der Waals surface area contributed by atoms with Gasteiger partial charge in [0.05, 0.1) is 5.39 Å². The fraction of sp³-hybridized carbons (Fsp3) is 0.143. The third-order valence-electron chi connectivity index (χ3n) is 2.64. The van der Waals surface area contributed by atoms with E-state index < -0.39 is 0 Å². The first kappa shape index (κ1) is 13.1. The van der Waals surface area contributed by atoms with Crippen LogP contribution in [0.1, 0.15) is 6.92 Å². The Morgan fingerprint density at radius 2 is 2.20 bits per heavy atom. The standard InChI is InChI=1S/C14H12ClN3OS/c1-2-16-14-17-12(11-6-7-20-13(11)18-14)19-10-5-3-4-9(15)8-10/h3-8H,2H2,1H3,(H,16,17,18). The van der Waals surface area contributed by atoms with Gasteiger partial charge >= 0.3 is 0 Å². The van der Waals surface area contributed by atoms with Crippen molar-refractivity contribution >= 4 is 39.1 Å². The SMILES string of the molecule is CCNc1nc(Oc2cccc(Cl)c2)c2ccsc2n1. The summed E-state index contributed by atoms with van der Waals surface area (Å²) in [5.74, 6) is 1.76. The van der Waals surface area contributed by atoms with Crippen LogP contribution < -0.4 is 10.1 Å². The lowest BCUT2D eigenvalue weighted by atomic mass is 10.3. The predicted octanol–water partition coefficient (Wildman–Crippen LogP) is 4.57. The highest BCUT2D eigenvalue weighted by atomic mass is 35.5. The van der Waals surface area contributed by atoms with E-state index in [1.165, 1.54) is 0 Å². The second-order valence-corrected chi connectivity index (χ2v) is 5.41. The molecule has 20 heavy (non-hydrogen) atoms. The molecule has 0 fully saturated rings. The maximum atomic E-state index is 5.97. The van der Waals surface area contributed by atoms with Gasteiger partial charge in [0.25, 0.3) is 0 Å². The lowest BCUT2D eigenvalue weighted by Crippen LogP contribution is -2.02. The van der Waals surface area contributed by atoms with Crippen LogP contribution >= 0.6 is 22.9 Å². The first-order valence-electron chi connectivity index (χ1n) is 6.19. The van der Waals surface area contributed by atoms with Gasteiger partial charge in [0.1, 0.15) is 10.6 Å². The van der Waals surface area contributed by atoms with Gasteiger partial charge in [-0.3, -0.25) is 0 Å². The molecule has 0 aliphatic rings. The van der Waals surface area contributed by atoms with Gasteiger partial charge in [-0.05, 0) is 36.6 Å². The summed E-state index contributed by atoms with van der Waals surface area (Å²) >= 11 is 7.52. The van der Waals surface area contributed by atoms with E-state index in [0.29, 0.717) is 22.6 Å². The van der Waals surface area contributed by atoms with E-state index in [1.807, 2.05) is 30.5 Å². The average Bonchev–Trinajstić information content (AvgIpc) is 2.87. The van der Waals surface area contributed by atoms with Crippen LogP contribution in [-0.2, 0) is 0 Å². The summed E-state index contributed by atoms with van der Waals surface area (Å²) in [4.78, 5) is 9.74. The molecule has 0 spiro atoms. The number of nitrogens with zero attached hydrogens (tertiary/aromatic N) is 2. The number of benzene rings is 1. The molecular formula is C14H12ClN3OS. The Kier molecular flexibility index (Phi) is 3.71. The number of halogens is 1. The van der Waals surface area contributed by atoms with Crippen molar-refractivity contribution in [3.63, 3.8) is 0 Å². The zero-order valence-corrected chi connectivity index (χ0v) is 12.3. The normalized spacial score (nSPS) is 10.7. The molecule has 0 aliphatic carbocycles. The molecule has 0 radical (unpaired) electrons. The van der Waals surface area contributed by atoms with Crippen molar-refractivity contribution in [1.29, 1.82) is 0 Å². The van der Waals surface area contributed by atoms with Gasteiger partial charge in [0, 0.05) is 11.6 Å². The molecule has 1 N–H and O–H groups in total. The van der Waals surface area contributed by atoms with E-state index in [0.717, 1.165) is 16.8 Å². The molecule has 2 heterocycles. The van der Waals surface area contributed by atoms with Crippen LogP contribution in [0.15, 0.2) is 35.7 Å². The molecule has 0 saturated carbocycles. The number of thiophene rings is 1. The van der Waals surface area contributed by atoms with E-state index in [9.17, 15) is 0 Å². The number of anilines is 1. The van der Waals surface area contributed by atoms with Crippen molar-refractivity contribution in [2.45, 2.75) is 6.92 Å². The molecule has 0 unspecified atom stereocenters. The fourth-order valence-corrected chi connectivity index (χ4v) is 2.72. The second-order valence-electron chi connectivity index (χ2n) is 4.08. The summed E-state index contributed by atoms with van der Waals surface area (Å²) in [6.45, 7) is 2.76. The Hall–Kier alpha value is -1.85. The lowest BCUT2D eigenvalue weighted by Gasteiger charge is -2.08. The largest absolute Gasteiger partial charge is 0.438 e. The number of rotatable bonds is 4. The van der Waals surface area contributed by atoms with Crippen LogP contribution in [0.2, 0.25) is 5.02 Å². The summed E-state index contributed by atoms with van der Waals surface area (Å²) in [5.41, 5.74) is 0. The summed E-state index contributed by atoms with van der Waals surface area (Å²) < 4.78 is 5.85. The van der Waals surface area contributed by atoms with E-state index in [1.54, 1.807) is 23.5 Å². The molecule has 1 aromatic carbocycles. The molecule has 0 atom stereocenters. The Labute approximate surface area is 125 Å². The number of aromatic nitrogens is 2. The molecule has 0 aliphatic heterocycles. The van der Waals surface area contributed by atoms with Crippen molar-refractivity contribution in [2.75, 3.05) is 11.9 Å².